The van der Waals surface area contributed by atoms with E-state index in [1.807, 2.05) is 25.1 Å². The van der Waals surface area contributed by atoms with Crippen molar-refractivity contribution >= 4 is 33.8 Å². The lowest BCUT2D eigenvalue weighted by Crippen LogP contribution is -2.37. The van der Waals surface area contributed by atoms with Gasteiger partial charge in [0.2, 0.25) is 5.71 Å². The van der Waals surface area contributed by atoms with Gasteiger partial charge in [-0.3, -0.25) is 0 Å². The molecule has 4 aromatic heterocycles. The number of pyridine rings is 2. The Morgan fingerprint density at radius 3 is 2.81 bits per heavy atom. The highest BCUT2D eigenvalue weighted by atomic mass is 16.5. The van der Waals surface area contributed by atoms with Gasteiger partial charge in [0.15, 0.2) is 17.2 Å². The van der Waals surface area contributed by atoms with Crippen LogP contribution in [0.5, 0.6) is 0 Å². The smallest absolute Gasteiger partial charge is 0.229 e. The van der Waals surface area contributed by atoms with E-state index in [2.05, 4.69) is 14.9 Å². The third kappa shape index (κ3) is 2.65. The van der Waals surface area contributed by atoms with Crippen molar-refractivity contribution in [1.82, 2.24) is 19.9 Å². The third-order valence-corrected chi connectivity index (χ3v) is 4.76. The molecule has 0 aromatic carbocycles. The number of aromatic nitrogens is 4. The second-order valence-corrected chi connectivity index (χ2v) is 6.53. The van der Waals surface area contributed by atoms with Crippen molar-refractivity contribution in [2.75, 3.05) is 36.9 Å². The molecule has 27 heavy (non-hydrogen) atoms. The summed E-state index contributed by atoms with van der Waals surface area (Å²) in [6, 6.07) is 5.66. The Labute approximate surface area is 155 Å². The predicted molar refractivity (Wildman–Crippen MR) is 103 cm³/mol. The highest BCUT2D eigenvalue weighted by Crippen LogP contribution is 2.34. The predicted octanol–water partition coefficient (Wildman–Crippen LogP) is 2.56. The summed E-state index contributed by atoms with van der Waals surface area (Å²) >= 11 is 0. The molecule has 0 amide bonds. The average Bonchev–Trinajstić information content (AvgIpc) is 3.07. The Balaban J connectivity index is 1.80. The molecule has 1 aliphatic heterocycles. The van der Waals surface area contributed by atoms with E-state index in [4.69, 9.17) is 24.9 Å². The number of rotatable bonds is 2. The molecule has 0 unspecified atom stereocenters. The van der Waals surface area contributed by atoms with E-state index in [1.165, 1.54) is 0 Å². The number of aryl methyl sites for hydroxylation is 1. The van der Waals surface area contributed by atoms with Crippen LogP contribution in [0.1, 0.15) is 5.56 Å². The largest absolute Gasteiger partial charge is 0.432 e. The molecular weight excluding hydrogens is 344 g/mol. The van der Waals surface area contributed by atoms with Crippen molar-refractivity contribution in [2.24, 2.45) is 0 Å². The zero-order chi connectivity index (χ0) is 18.4. The maximum Gasteiger partial charge on any atom is 0.229 e. The zero-order valence-electron chi connectivity index (χ0n) is 14.8. The third-order valence-electron chi connectivity index (χ3n) is 4.76. The molecule has 0 radical (unpaired) electrons. The lowest BCUT2D eigenvalue weighted by atomic mass is 10.1. The van der Waals surface area contributed by atoms with Crippen LogP contribution in [0, 0.1) is 6.92 Å². The van der Waals surface area contributed by atoms with Crippen LogP contribution < -0.4 is 10.6 Å². The number of nitrogens with zero attached hydrogens (tertiary/aromatic N) is 5. The van der Waals surface area contributed by atoms with E-state index < -0.39 is 0 Å². The van der Waals surface area contributed by atoms with Gasteiger partial charge in [-0.05, 0) is 30.7 Å². The number of ether oxygens (including phenoxy) is 1. The van der Waals surface area contributed by atoms with Crippen molar-refractivity contribution in [1.29, 1.82) is 0 Å². The lowest BCUT2D eigenvalue weighted by molar-refractivity contribution is 0.122. The van der Waals surface area contributed by atoms with Gasteiger partial charge in [0.25, 0.3) is 0 Å². The van der Waals surface area contributed by atoms with E-state index in [0.717, 1.165) is 40.9 Å². The highest BCUT2D eigenvalue weighted by Gasteiger charge is 2.23. The maximum atomic E-state index is 6.02. The summed E-state index contributed by atoms with van der Waals surface area (Å²) in [5.74, 6) is 1.83. The second-order valence-electron chi connectivity index (χ2n) is 6.53. The van der Waals surface area contributed by atoms with Crippen molar-refractivity contribution in [3.63, 3.8) is 0 Å². The molecule has 1 saturated heterocycles. The fourth-order valence-electron chi connectivity index (χ4n) is 3.39. The van der Waals surface area contributed by atoms with Gasteiger partial charge >= 0.3 is 0 Å². The first-order valence-electron chi connectivity index (χ1n) is 8.81. The van der Waals surface area contributed by atoms with E-state index in [0.29, 0.717) is 36.2 Å². The molecule has 4 aromatic rings. The van der Waals surface area contributed by atoms with Gasteiger partial charge in [0.1, 0.15) is 11.3 Å². The Hall–Kier alpha value is -3.26. The fourth-order valence-corrected chi connectivity index (χ4v) is 3.39. The van der Waals surface area contributed by atoms with Crippen molar-refractivity contribution < 1.29 is 9.15 Å². The first-order chi connectivity index (χ1) is 13.2. The molecule has 8 heteroatoms. The van der Waals surface area contributed by atoms with Crippen LogP contribution in [0.3, 0.4) is 0 Å². The number of hydrogen-bond acceptors (Lipinski definition) is 8. The van der Waals surface area contributed by atoms with Gasteiger partial charge in [0, 0.05) is 31.0 Å². The first-order valence-corrected chi connectivity index (χ1v) is 8.81. The minimum absolute atomic E-state index is 0.476. The van der Waals surface area contributed by atoms with Crippen LogP contribution in [0.25, 0.3) is 33.6 Å². The Bertz CT molecular complexity index is 1150. The van der Waals surface area contributed by atoms with Crippen LogP contribution in [-0.2, 0) is 4.74 Å². The number of furan rings is 1. The van der Waals surface area contributed by atoms with Crippen LogP contribution in [-0.4, -0.2) is 46.2 Å². The average molecular weight is 362 g/mol. The molecule has 1 fully saturated rings. The topological polar surface area (TPSA) is 103 Å². The summed E-state index contributed by atoms with van der Waals surface area (Å²) in [7, 11) is 0. The standard InChI is InChI=1S/C19H18N6O2/c1-11-9-14(20)22-10-13(11)17-23-15-12-3-2-4-21-19(12)27-16(15)18(24-17)25-5-7-26-8-6-25/h2-4,9-10H,5-8H2,1H3,(H2,20,22). The van der Waals surface area contributed by atoms with Gasteiger partial charge in [-0.2, -0.15) is 0 Å². The summed E-state index contributed by atoms with van der Waals surface area (Å²) in [4.78, 5) is 20.3. The molecular formula is C19H18N6O2. The molecule has 0 atom stereocenters. The molecule has 0 aliphatic carbocycles. The molecule has 2 N–H and O–H groups in total. The summed E-state index contributed by atoms with van der Waals surface area (Å²) in [6.45, 7) is 4.78. The van der Waals surface area contributed by atoms with Crippen molar-refractivity contribution in [2.45, 2.75) is 6.92 Å². The first kappa shape index (κ1) is 16.0. The molecule has 1 aliphatic rings. The minimum atomic E-state index is 0.476. The summed E-state index contributed by atoms with van der Waals surface area (Å²) in [5, 5.41) is 0.867. The van der Waals surface area contributed by atoms with Gasteiger partial charge in [-0.25, -0.2) is 19.9 Å². The summed E-state index contributed by atoms with van der Waals surface area (Å²) in [5.41, 5.74) is 9.58. The number of anilines is 2. The number of nitrogens with two attached hydrogens (primary N) is 1. The Kier molecular flexibility index (Phi) is 3.64. The number of morpholine rings is 1. The van der Waals surface area contributed by atoms with Crippen LogP contribution in [0.15, 0.2) is 35.0 Å². The van der Waals surface area contributed by atoms with Gasteiger partial charge < -0.3 is 19.8 Å². The van der Waals surface area contributed by atoms with E-state index in [-0.39, 0.29) is 0 Å². The van der Waals surface area contributed by atoms with Crippen molar-refractivity contribution in [3.8, 4) is 11.4 Å². The van der Waals surface area contributed by atoms with Gasteiger partial charge in [-0.15, -0.1) is 0 Å². The van der Waals surface area contributed by atoms with E-state index in [1.54, 1.807) is 12.4 Å². The molecule has 136 valence electrons. The zero-order valence-corrected chi connectivity index (χ0v) is 14.8. The normalized spacial score (nSPS) is 14.9. The molecule has 8 nitrogen and oxygen atoms in total. The van der Waals surface area contributed by atoms with E-state index in [9.17, 15) is 0 Å². The van der Waals surface area contributed by atoms with Crippen LogP contribution in [0.2, 0.25) is 0 Å². The second kappa shape index (κ2) is 6.17. The minimum Gasteiger partial charge on any atom is -0.432 e. The monoisotopic (exact) mass is 362 g/mol. The van der Waals surface area contributed by atoms with Gasteiger partial charge in [0.05, 0.1) is 18.6 Å². The highest BCUT2D eigenvalue weighted by molar-refractivity contribution is 6.05. The number of hydrogen-bond donors (Lipinski definition) is 1. The van der Waals surface area contributed by atoms with E-state index >= 15 is 0 Å². The molecule has 5 rings (SSSR count). The molecule has 0 spiro atoms. The fraction of sp³-hybridized carbons (Fsp3) is 0.263. The quantitative estimate of drug-likeness (QED) is 0.580. The molecule has 5 heterocycles. The Morgan fingerprint density at radius 2 is 2.00 bits per heavy atom. The van der Waals surface area contributed by atoms with Gasteiger partial charge in [-0.1, -0.05) is 0 Å². The van der Waals surface area contributed by atoms with Crippen LogP contribution in [0.4, 0.5) is 11.6 Å². The summed E-state index contributed by atoms with van der Waals surface area (Å²) < 4.78 is 11.5. The summed E-state index contributed by atoms with van der Waals surface area (Å²) in [6.07, 6.45) is 3.43. The Morgan fingerprint density at radius 1 is 1.15 bits per heavy atom. The maximum absolute atomic E-state index is 6.02. The SMILES string of the molecule is Cc1cc(N)ncc1-c1nc(N2CCOCC2)c2oc3ncccc3c2n1. The number of nitrogen functional groups attached to an aromatic ring is 1. The molecule has 0 saturated carbocycles. The van der Waals surface area contributed by atoms with Crippen molar-refractivity contribution in [3.05, 3.63) is 36.2 Å². The lowest BCUT2D eigenvalue weighted by Gasteiger charge is -2.27. The van der Waals surface area contributed by atoms with Crippen LogP contribution >= 0.6 is 0 Å². The molecule has 0 bridgehead atoms. The number of fused-ring (bicyclic) bond motifs is 3.